The first-order valence-electron chi connectivity index (χ1n) is 13.1. The van der Waals surface area contributed by atoms with Gasteiger partial charge < -0.3 is 24.3 Å². The molecular weight excluding hydrogens is 534 g/mol. The molecule has 1 N–H and O–H groups in total. The molecule has 0 aliphatic rings. The lowest BCUT2D eigenvalue weighted by molar-refractivity contribution is -0.159. The Balaban J connectivity index is 0.00000560. The van der Waals surface area contributed by atoms with Gasteiger partial charge in [-0.15, -0.1) is 12.4 Å². The predicted molar refractivity (Wildman–Crippen MR) is 158 cm³/mol. The first-order chi connectivity index (χ1) is 18.3. The van der Waals surface area contributed by atoms with Crippen LogP contribution in [-0.4, -0.2) is 61.7 Å². The van der Waals surface area contributed by atoms with Crippen LogP contribution < -0.4 is 19.5 Å². The summed E-state index contributed by atoms with van der Waals surface area (Å²) in [5.41, 5.74) is 0.536. The summed E-state index contributed by atoms with van der Waals surface area (Å²) in [6.45, 7) is 12.2. The van der Waals surface area contributed by atoms with Gasteiger partial charge in [0.2, 0.25) is 0 Å². The molecule has 1 unspecified atom stereocenters. The van der Waals surface area contributed by atoms with Crippen LogP contribution in [0.1, 0.15) is 51.9 Å². The van der Waals surface area contributed by atoms with Gasteiger partial charge in [-0.3, -0.25) is 9.59 Å². The van der Waals surface area contributed by atoms with Gasteiger partial charge in [-0.25, -0.2) is 0 Å². The Morgan fingerprint density at radius 1 is 0.950 bits per heavy atom. The van der Waals surface area contributed by atoms with E-state index in [1.165, 1.54) is 4.68 Å². The van der Waals surface area contributed by atoms with E-state index in [1.54, 1.807) is 20.4 Å². The molecule has 1 aromatic heterocycles. The molecular formula is C30H42ClN3O6. The molecule has 0 saturated carbocycles. The van der Waals surface area contributed by atoms with E-state index in [4.69, 9.17) is 18.9 Å². The SMILES string of the molecule is COc1ccc(CCNCC(COc2cccc3c2cnn3C(=O)C(C)(C)C)OC(=O)C(C)(C)C)cc1OC.Cl. The van der Waals surface area contributed by atoms with Crippen LogP contribution in [0.25, 0.3) is 10.9 Å². The molecule has 0 amide bonds. The lowest BCUT2D eigenvalue weighted by Crippen LogP contribution is -2.39. The molecule has 9 nitrogen and oxygen atoms in total. The summed E-state index contributed by atoms with van der Waals surface area (Å²) in [7, 11) is 3.22. The first-order valence-corrected chi connectivity index (χ1v) is 13.1. The fraction of sp³-hybridized carbons (Fsp3) is 0.500. The summed E-state index contributed by atoms with van der Waals surface area (Å²) < 4.78 is 24.1. The molecule has 0 saturated heterocycles. The van der Waals surface area contributed by atoms with Crippen molar-refractivity contribution in [3.63, 3.8) is 0 Å². The monoisotopic (exact) mass is 575 g/mol. The van der Waals surface area contributed by atoms with Gasteiger partial charge in [-0.1, -0.05) is 32.9 Å². The molecule has 0 radical (unpaired) electrons. The standard InChI is InChI=1S/C30H41N3O6.ClH/c1-29(2,3)27(34)33-23-10-9-11-24(22(23)18-32-33)38-19-21(39-28(35)30(4,5)6)17-31-15-14-20-12-13-25(36-7)26(16-20)37-8;/h9-13,16,18,21,31H,14-15,17,19H2,1-8H3;1H. The second-order valence-electron chi connectivity index (χ2n) is 11.5. The normalized spacial score (nSPS) is 12.4. The smallest absolute Gasteiger partial charge is 0.311 e. The van der Waals surface area contributed by atoms with Crippen LogP contribution in [0.5, 0.6) is 17.2 Å². The van der Waals surface area contributed by atoms with Gasteiger partial charge in [0.15, 0.2) is 11.5 Å². The number of hydrogen-bond acceptors (Lipinski definition) is 8. The number of benzene rings is 2. The third-order valence-electron chi connectivity index (χ3n) is 6.13. The lowest BCUT2D eigenvalue weighted by Gasteiger charge is -2.24. The average Bonchev–Trinajstić information content (AvgIpc) is 3.32. The molecule has 2 aromatic carbocycles. The number of ether oxygens (including phenoxy) is 4. The van der Waals surface area contributed by atoms with E-state index in [2.05, 4.69) is 10.4 Å². The Kier molecular flexibility index (Phi) is 11.4. The number of carbonyl (C=O) groups excluding carboxylic acids is 2. The Morgan fingerprint density at radius 2 is 1.65 bits per heavy atom. The fourth-order valence-corrected chi connectivity index (χ4v) is 3.81. The Morgan fingerprint density at radius 3 is 2.27 bits per heavy atom. The highest BCUT2D eigenvalue weighted by Crippen LogP contribution is 2.29. The third kappa shape index (κ3) is 8.35. The van der Waals surface area contributed by atoms with Crippen LogP contribution >= 0.6 is 12.4 Å². The summed E-state index contributed by atoms with van der Waals surface area (Å²) in [4.78, 5) is 25.5. The van der Waals surface area contributed by atoms with Gasteiger partial charge in [-0.2, -0.15) is 9.78 Å². The van der Waals surface area contributed by atoms with Crippen molar-refractivity contribution in [1.29, 1.82) is 0 Å². The highest BCUT2D eigenvalue weighted by molar-refractivity contribution is 5.95. The van der Waals surface area contributed by atoms with Crippen molar-refractivity contribution in [2.24, 2.45) is 10.8 Å². The van der Waals surface area contributed by atoms with E-state index < -0.39 is 16.9 Å². The molecule has 0 fully saturated rings. The molecule has 0 spiro atoms. The molecule has 1 atom stereocenters. The number of aromatic nitrogens is 2. The van der Waals surface area contributed by atoms with Crippen molar-refractivity contribution in [1.82, 2.24) is 15.1 Å². The number of rotatable bonds is 11. The maximum atomic E-state index is 12.8. The maximum Gasteiger partial charge on any atom is 0.311 e. The van der Waals surface area contributed by atoms with Crippen molar-refractivity contribution < 1.29 is 28.5 Å². The van der Waals surface area contributed by atoms with Crippen LogP contribution in [0, 0.1) is 10.8 Å². The minimum absolute atomic E-state index is 0. The predicted octanol–water partition coefficient (Wildman–Crippen LogP) is 5.33. The maximum absolute atomic E-state index is 12.8. The number of nitrogens with zero attached hydrogens (tertiary/aromatic N) is 2. The van der Waals surface area contributed by atoms with Gasteiger partial charge in [0.05, 0.1) is 36.7 Å². The minimum atomic E-state index is -0.646. The van der Waals surface area contributed by atoms with E-state index in [0.717, 1.165) is 17.4 Å². The van der Waals surface area contributed by atoms with Gasteiger partial charge in [0, 0.05) is 12.0 Å². The number of carbonyl (C=O) groups is 2. The molecule has 3 rings (SSSR count). The van der Waals surface area contributed by atoms with Gasteiger partial charge in [0.1, 0.15) is 18.5 Å². The Hall–Kier alpha value is -3.30. The second kappa shape index (κ2) is 13.9. The summed E-state index contributed by atoms with van der Waals surface area (Å²) in [5, 5.41) is 8.41. The molecule has 10 heteroatoms. The van der Waals surface area contributed by atoms with Gasteiger partial charge >= 0.3 is 5.97 Å². The van der Waals surface area contributed by atoms with Crippen molar-refractivity contribution in [2.45, 2.75) is 54.1 Å². The molecule has 0 bridgehead atoms. The van der Waals surface area contributed by atoms with E-state index in [0.29, 0.717) is 35.9 Å². The first kappa shape index (κ1) is 32.9. The number of nitrogens with one attached hydrogen (secondary N) is 1. The second-order valence-corrected chi connectivity index (χ2v) is 11.5. The Bertz CT molecular complexity index is 1290. The van der Waals surface area contributed by atoms with Crippen LogP contribution in [0.3, 0.4) is 0 Å². The highest BCUT2D eigenvalue weighted by Gasteiger charge is 2.28. The molecule has 220 valence electrons. The quantitative estimate of drug-likeness (QED) is 0.242. The zero-order chi connectivity index (χ0) is 28.8. The summed E-state index contributed by atoms with van der Waals surface area (Å²) >= 11 is 0. The molecule has 0 aliphatic heterocycles. The zero-order valence-electron chi connectivity index (χ0n) is 24.7. The lowest BCUT2D eigenvalue weighted by atomic mass is 9.96. The van der Waals surface area contributed by atoms with Crippen LogP contribution in [0.4, 0.5) is 0 Å². The number of halogens is 1. The van der Waals surface area contributed by atoms with Crippen molar-refractivity contribution in [2.75, 3.05) is 33.9 Å². The van der Waals surface area contributed by atoms with Crippen LogP contribution in [-0.2, 0) is 16.0 Å². The van der Waals surface area contributed by atoms with Gasteiger partial charge in [-0.05, 0) is 63.6 Å². The van der Waals surface area contributed by atoms with Crippen molar-refractivity contribution in [3.05, 3.63) is 48.2 Å². The van der Waals surface area contributed by atoms with E-state index in [-0.39, 0.29) is 30.9 Å². The van der Waals surface area contributed by atoms with Crippen LogP contribution in [0.2, 0.25) is 0 Å². The van der Waals surface area contributed by atoms with Crippen molar-refractivity contribution in [3.8, 4) is 17.2 Å². The highest BCUT2D eigenvalue weighted by atomic mass is 35.5. The zero-order valence-corrected chi connectivity index (χ0v) is 25.5. The van der Waals surface area contributed by atoms with Crippen LogP contribution in [0.15, 0.2) is 42.6 Å². The average molecular weight is 576 g/mol. The summed E-state index contributed by atoms with van der Waals surface area (Å²) in [5.74, 6) is 1.53. The fourth-order valence-electron chi connectivity index (χ4n) is 3.81. The Labute approximate surface area is 242 Å². The molecule has 3 aromatic rings. The van der Waals surface area contributed by atoms with E-state index in [9.17, 15) is 9.59 Å². The minimum Gasteiger partial charge on any atom is -0.493 e. The van der Waals surface area contributed by atoms with Crippen molar-refractivity contribution >= 4 is 35.2 Å². The molecule has 40 heavy (non-hydrogen) atoms. The number of esters is 1. The number of hydrogen-bond donors (Lipinski definition) is 1. The largest absolute Gasteiger partial charge is 0.493 e. The summed E-state index contributed by atoms with van der Waals surface area (Å²) in [6.07, 6.45) is 1.86. The topological polar surface area (TPSA) is 101 Å². The summed E-state index contributed by atoms with van der Waals surface area (Å²) in [6, 6.07) is 11.3. The number of methoxy groups -OCH3 is 2. The van der Waals surface area contributed by atoms with E-state index in [1.807, 2.05) is 77.9 Å². The number of fused-ring (bicyclic) bond motifs is 1. The van der Waals surface area contributed by atoms with Gasteiger partial charge in [0.25, 0.3) is 5.91 Å². The molecule has 0 aliphatic carbocycles. The van der Waals surface area contributed by atoms with E-state index >= 15 is 0 Å². The third-order valence-corrected chi connectivity index (χ3v) is 6.13. The molecule has 1 heterocycles.